The molecule has 2 atom stereocenters. The van der Waals surface area contributed by atoms with Gasteiger partial charge in [-0.05, 0) is 58.4 Å². The number of carbonyl (C=O) groups excluding carboxylic acids is 4. The van der Waals surface area contributed by atoms with Crippen LogP contribution in [0.4, 0.5) is 9.18 Å². The van der Waals surface area contributed by atoms with Gasteiger partial charge < -0.3 is 19.3 Å². The third-order valence-electron chi connectivity index (χ3n) is 7.47. The number of amides is 2. The molecule has 1 saturated heterocycles. The SMILES string of the molecule is COc1cc2c(cc1C(=O)N1C[C@H](C)N(Cc3ccc(F)cc3)C[C@H]1C)c(C(=O)C(=O)N(C)C)cn2C(=O)OC(C)(C)C. The average molecular weight is 595 g/mol. The Morgan fingerprint density at radius 3 is 2.21 bits per heavy atom. The summed E-state index contributed by atoms with van der Waals surface area (Å²) in [5.74, 6) is -1.97. The van der Waals surface area contributed by atoms with Gasteiger partial charge in [-0.15, -0.1) is 0 Å². The molecule has 1 aliphatic rings. The maximum absolute atomic E-state index is 14.1. The number of hydrogen-bond acceptors (Lipinski definition) is 7. The highest BCUT2D eigenvalue weighted by Gasteiger charge is 2.35. The van der Waals surface area contributed by atoms with Crippen LogP contribution in [0.3, 0.4) is 0 Å². The van der Waals surface area contributed by atoms with Crippen LogP contribution < -0.4 is 4.74 Å². The number of ether oxygens (including phenoxy) is 2. The molecule has 2 heterocycles. The van der Waals surface area contributed by atoms with E-state index >= 15 is 0 Å². The smallest absolute Gasteiger partial charge is 0.419 e. The van der Waals surface area contributed by atoms with E-state index in [-0.39, 0.29) is 51.6 Å². The lowest BCUT2D eigenvalue weighted by Crippen LogP contribution is -2.57. The van der Waals surface area contributed by atoms with E-state index in [1.165, 1.54) is 51.7 Å². The fourth-order valence-electron chi connectivity index (χ4n) is 5.23. The fourth-order valence-corrected chi connectivity index (χ4v) is 5.23. The lowest BCUT2D eigenvalue weighted by molar-refractivity contribution is -0.124. The molecule has 2 amide bonds. The second kappa shape index (κ2) is 12.2. The van der Waals surface area contributed by atoms with Crippen LogP contribution in [-0.2, 0) is 16.1 Å². The van der Waals surface area contributed by atoms with Crippen LogP contribution in [-0.4, -0.2) is 94.9 Å². The summed E-state index contributed by atoms with van der Waals surface area (Å²) in [6.07, 6.45) is 0.532. The summed E-state index contributed by atoms with van der Waals surface area (Å²) in [5, 5.41) is 0.255. The van der Waals surface area contributed by atoms with E-state index in [1.807, 2.05) is 13.8 Å². The first-order valence-electron chi connectivity index (χ1n) is 14.1. The number of aromatic nitrogens is 1. The molecule has 0 bridgehead atoms. The van der Waals surface area contributed by atoms with Gasteiger partial charge in [-0.25, -0.2) is 9.18 Å². The monoisotopic (exact) mass is 594 g/mol. The molecule has 1 aliphatic heterocycles. The molecule has 0 aliphatic carbocycles. The summed E-state index contributed by atoms with van der Waals surface area (Å²) in [5.41, 5.74) is 0.605. The van der Waals surface area contributed by atoms with Gasteiger partial charge in [0.15, 0.2) is 0 Å². The van der Waals surface area contributed by atoms with Gasteiger partial charge in [0.05, 0.1) is 23.8 Å². The van der Waals surface area contributed by atoms with Crippen molar-refractivity contribution in [3.63, 3.8) is 0 Å². The molecule has 0 unspecified atom stereocenters. The largest absolute Gasteiger partial charge is 0.496 e. The first kappa shape index (κ1) is 31.7. The molecule has 0 saturated carbocycles. The summed E-state index contributed by atoms with van der Waals surface area (Å²) in [7, 11) is 4.35. The van der Waals surface area contributed by atoms with Crippen LogP contribution in [0.1, 0.15) is 60.9 Å². The zero-order chi connectivity index (χ0) is 31.8. The second-order valence-electron chi connectivity index (χ2n) is 12.2. The molecule has 4 rings (SSSR count). The van der Waals surface area contributed by atoms with Gasteiger partial charge >= 0.3 is 6.09 Å². The van der Waals surface area contributed by atoms with Crippen LogP contribution in [0.25, 0.3) is 10.9 Å². The van der Waals surface area contributed by atoms with Crippen LogP contribution in [0.15, 0.2) is 42.6 Å². The first-order valence-corrected chi connectivity index (χ1v) is 14.1. The van der Waals surface area contributed by atoms with Crippen molar-refractivity contribution in [3.8, 4) is 5.75 Å². The summed E-state index contributed by atoms with van der Waals surface area (Å²) < 4.78 is 25.7. The lowest BCUT2D eigenvalue weighted by Gasteiger charge is -2.44. The highest BCUT2D eigenvalue weighted by molar-refractivity contribution is 6.45. The second-order valence-corrected chi connectivity index (χ2v) is 12.2. The Morgan fingerprint density at radius 1 is 0.977 bits per heavy atom. The molecule has 10 nitrogen and oxygen atoms in total. The van der Waals surface area contributed by atoms with Crippen LogP contribution in [0, 0.1) is 5.82 Å². The highest BCUT2D eigenvalue weighted by Crippen LogP contribution is 2.33. The van der Waals surface area contributed by atoms with Crippen molar-refractivity contribution < 1.29 is 33.0 Å². The van der Waals surface area contributed by atoms with E-state index in [2.05, 4.69) is 4.90 Å². The molecular weight excluding hydrogens is 555 g/mol. The van der Waals surface area contributed by atoms with Gasteiger partial charge in [0, 0.05) is 63.5 Å². The number of nitrogens with zero attached hydrogens (tertiary/aromatic N) is 4. The number of halogens is 1. The highest BCUT2D eigenvalue weighted by atomic mass is 19.1. The van der Waals surface area contributed by atoms with Crippen LogP contribution in [0.2, 0.25) is 0 Å². The van der Waals surface area contributed by atoms with Gasteiger partial charge in [0.2, 0.25) is 0 Å². The van der Waals surface area contributed by atoms with Crippen LogP contribution >= 0.6 is 0 Å². The number of methoxy groups -OCH3 is 1. The third kappa shape index (κ3) is 6.72. The van der Waals surface area contributed by atoms with Gasteiger partial charge in [-0.1, -0.05) is 12.1 Å². The summed E-state index contributed by atoms with van der Waals surface area (Å²) >= 11 is 0. The summed E-state index contributed by atoms with van der Waals surface area (Å²) in [6, 6.07) is 9.24. The Hall–Kier alpha value is -4.25. The first-order chi connectivity index (χ1) is 20.1. The van der Waals surface area contributed by atoms with Gasteiger partial charge in [0.25, 0.3) is 17.6 Å². The Kier molecular flexibility index (Phi) is 8.96. The van der Waals surface area contributed by atoms with E-state index in [4.69, 9.17) is 9.47 Å². The predicted octanol–water partition coefficient (Wildman–Crippen LogP) is 4.58. The maximum Gasteiger partial charge on any atom is 0.419 e. The minimum absolute atomic E-state index is 0.00281. The van der Waals surface area contributed by atoms with Crippen molar-refractivity contribution in [2.24, 2.45) is 0 Å². The van der Waals surface area contributed by atoms with E-state index in [9.17, 15) is 23.6 Å². The molecule has 1 fully saturated rings. The fraction of sp³-hybridized carbons (Fsp3) is 0.438. The normalized spacial score (nSPS) is 17.6. The van der Waals surface area contributed by atoms with Crippen molar-refractivity contribution >= 4 is 34.6 Å². The Labute approximate surface area is 250 Å². The summed E-state index contributed by atoms with van der Waals surface area (Å²) in [4.78, 5) is 58.3. The number of likely N-dealkylation sites (N-methyl/N-ethyl adjacent to an activating group) is 1. The number of benzene rings is 2. The molecule has 11 heteroatoms. The standard InChI is InChI=1S/C32H39FN4O6/c1-19-16-36(20(2)15-35(19)17-21-9-11-22(33)12-10-21)29(39)24-13-23-25(28(38)30(40)34(6)7)18-37(26(23)14-27(24)42-8)31(41)43-32(3,4)5/h9-14,18-20H,15-17H2,1-8H3/t19-,20+/m0/s1. The number of Topliss-reactive ketones (excluding diaryl/α,β-unsaturated/α-hetero) is 1. The minimum atomic E-state index is -0.822. The van der Waals surface area contributed by atoms with Crippen molar-refractivity contribution in [2.75, 3.05) is 34.3 Å². The number of carbonyl (C=O) groups is 4. The van der Waals surface area contributed by atoms with Crippen molar-refractivity contribution in [3.05, 3.63) is 65.1 Å². The minimum Gasteiger partial charge on any atom is -0.496 e. The number of rotatable bonds is 6. The average Bonchev–Trinajstić information content (AvgIpc) is 3.31. The predicted molar refractivity (Wildman–Crippen MR) is 160 cm³/mol. The number of hydrogen-bond donors (Lipinski definition) is 0. The molecular formula is C32H39FN4O6. The van der Waals surface area contributed by atoms with Crippen molar-refractivity contribution in [1.82, 2.24) is 19.3 Å². The Balaban J connectivity index is 1.72. The number of ketones is 1. The Morgan fingerprint density at radius 2 is 1.63 bits per heavy atom. The van der Waals surface area contributed by atoms with Gasteiger partial charge in [0.1, 0.15) is 17.2 Å². The maximum atomic E-state index is 14.1. The van der Waals surface area contributed by atoms with Crippen LogP contribution in [0.5, 0.6) is 5.75 Å². The van der Waals surface area contributed by atoms with Crippen molar-refractivity contribution in [2.45, 2.75) is 58.8 Å². The van der Waals surface area contributed by atoms with E-state index in [1.54, 1.807) is 37.8 Å². The molecule has 2 aromatic carbocycles. The molecule has 230 valence electrons. The Bertz CT molecular complexity index is 1560. The van der Waals surface area contributed by atoms with E-state index < -0.39 is 23.4 Å². The zero-order valence-electron chi connectivity index (χ0n) is 25.9. The van der Waals surface area contributed by atoms with E-state index in [0.717, 1.165) is 15.0 Å². The van der Waals surface area contributed by atoms with Gasteiger partial charge in [-0.2, -0.15) is 0 Å². The quantitative estimate of drug-likeness (QED) is 0.304. The molecule has 0 N–H and O–H groups in total. The van der Waals surface area contributed by atoms with Gasteiger partial charge in [-0.3, -0.25) is 23.9 Å². The molecule has 1 aromatic heterocycles. The zero-order valence-corrected chi connectivity index (χ0v) is 25.9. The number of piperazine rings is 1. The molecule has 0 spiro atoms. The van der Waals surface area contributed by atoms with E-state index in [0.29, 0.717) is 19.6 Å². The number of fused-ring (bicyclic) bond motifs is 1. The topological polar surface area (TPSA) is 101 Å². The van der Waals surface area contributed by atoms with Crippen molar-refractivity contribution in [1.29, 1.82) is 0 Å². The lowest BCUT2D eigenvalue weighted by atomic mass is 10.0. The molecule has 3 aromatic rings. The molecule has 43 heavy (non-hydrogen) atoms. The molecule has 0 radical (unpaired) electrons. The summed E-state index contributed by atoms with van der Waals surface area (Å²) in [6.45, 7) is 10.8. The third-order valence-corrected chi connectivity index (χ3v) is 7.47.